The van der Waals surface area contributed by atoms with Crippen molar-refractivity contribution < 1.29 is 14.3 Å². The molecule has 0 radical (unpaired) electrons. The fourth-order valence-corrected chi connectivity index (χ4v) is 3.82. The number of hydrogen-bond donors (Lipinski definition) is 2. The van der Waals surface area contributed by atoms with E-state index in [9.17, 15) is 4.79 Å². The van der Waals surface area contributed by atoms with Crippen LogP contribution in [0.3, 0.4) is 0 Å². The molecule has 7 nitrogen and oxygen atoms in total. The highest BCUT2D eigenvalue weighted by molar-refractivity contribution is 7.18. The lowest BCUT2D eigenvalue weighted by Crippen LogP contribution is -2.33. The van der Waals surface area contributed by atoms with E-state index in [-0.39, 0.29) is 12.5 Å². The predicted molar refractivity (Wildman–Crippen MR) is 112 cm³/mol. The van der Waals surface area contributed by atoms with Crippen molar-refractivity contribution >= 4 is 33.3 Å². The summed E-state index contributed by atoms with van der Waals surface area (Å²) in [5.74, 6) is 2.78. The van der Waals surface area contributed by atoms with Gasteiger partial charge in [-0.3, -0.25) is 4.79 Å². The summed E-state index contributed by atoms with van der Waals surface area (Å²) < 4.78 is 10.7. The lowest BCUT2D eigenvalue weighted by molar-refractivity contribution is -0.119. The molecular formula is C20H24N4O3S. The van der Waals surface area contributed by atoms with Crippen molar-refractivity contribution in [3.8, 4) is 11.5 Å². The lowest BCUT2D eigenvalue weighted by Gasteiger charge is -2.10. The third-order valence-electron chi connectivity index (χ3n) is 4.31. The van der Waals surface area contributed by atoms with Crippen LogP contribution in [0.4, 0.5) is 5.82 Å². The SMILES string of the molecule is COc1ccc(OCCNC(=O)CNc2nc(C)nc3sc(C)c(C)c23)cc1. The number of thiophene rings is 1. The molecule has 0 spiro atoms. The average molecular weight is 401 g/mol. The molecule has 2 N–H and O–H groups in total. The van der Waals surface area contributed by atoms with Crippen molar-refractivity contribution in [2.45, 2.75) is 20.8 Å². The fraction of sp³-hybridized carbons (Fsp3) is 0.350. The molecule has 0 aliphatic heterocycles. The van der Waals surface area contributed by atoms with Gasteiger partial charge in [0.05, 0.1) is 25.6 Å². The van der Waals surface area contributed by atoms with Crippen LogP contribution >= 0.6 is 11.3 Å². The second-order valence-corrected chi connectivity index (χ2v) is 7.51. The zero-order chi connectivity index (χ0) is 20.1. The minimum Gasteiger partial charge on any atom is -0.497 e. The maximum Gasteiger partial charge on any atom is 0.239 e. The Morgan fingerprint density at radius 2 is 1.82 bits per heavy atom. The Hall–Kier alpha value is -2.87. The molecule has 8 heteroatoms. The zero-order valence-electron chi connectivity index (χ0n) is 16.5. The van der Waals surface area contributed by atoms with E-state index < -0.39 is 0 Å². The summed E-state index contributed by atoms with van der Waals surface area (Å²) in [7, 11) is 1.62. The molecule has 0 unspecified atom stereocenters. The van der Waals surface area contributed by atoms with E-state index in [1.807, 2.05) is 31.2 Å². The Morgan fingerprint density at radius 1 is 1.11 bits per heavy atom. The molecule has 0 aliphatic carbocycles. The van der Waals surface area contributed by atoms with Crippen LogP contribution in [-0.4, -0.2) is 42.7 Å². The van der Waals surface area contributed by atoms with Gasteiger partial charge in [-0.05, 0) is 50.6 Å². The second kappa shape index (κ2) is 8.88. The van der Waals surface area contributed by atoms with Crippen LogP contribution in [0.1, 0.15) is 16.3 Å². The number of hydrogen-bond acceptors (Lipinski definition) is 7. The smallest absolute Gasteiger partial charge is 0.239 e. The predicted octanol–water partition coefficient (Wildman–Crippen LogP) is 3.23. The number of fused-ring (bicyclic) bond motifs is 1. The summed E-state index contributed by atoms with van der Waals surface area (Å²) in [6.45, 7) is 6.91. The number of carbonyl (C=O) groups is 1. The molecule has 0 fully saturated rings. The van der Waals surface area contributed by atoms with Crippen LogP contribution < -0.4 is 20.1 Å². The van der Waals surface area contributed by atoms with Crippen molar-refractivity contribution in [1.82, 2.24) is 15.3 Å². The van der Waals surface area contributed by atoms with Gasteiger partial charge in [0.2, 0.25) is 5.91 Å². The summed E-state index contributed by atoms with van der Waals surface area (Å²) >= 11 is 1.64. The number of rotatable bonds is 8. The number of nitrogens with one attached hydrogen (secondary N) is 2. The normalized spacial score (nSPS) is 10.7. The van der Waals surface area contributed by atoms with E-state index in [1.54, 1.807) is 18.4 Å². The first-order chi connectivity index (χ1) is 13.5. The maximum absolute atomic E-state index is 12.1. The van der Waals surface area contributed by atoms with Crippen molar-refractivity contribution in [1.29, 1.82) is 0 Å². The van der Waals surface area contributed by atoms with Crippen LogP contribution in [0, 0.1) is 20.8 Å². The molecule has 0 bridgehead atoms. The molecule has 0 saturated carbocycles. The van der Waals surface area contributed by atoms with Gasteiger partial charge >= 0.3 is 0 Å². The summed E-state index contributed by atoms with van der Waals surface area (Å²) in [6.07, 6.45) is 0. The van der Waals surface area contributed by atoms with Crippen LogP contribution in [0.15, 0.2) is 24.3 Å². The Kier molecular flexibility index (Phi) is 6.30. The number of benzene rings is 1. The van der Waals surface area contributed by atoms with Gasteiger partial charge < -0.3 is 20.1 Å². The quantitative estimate of drug-likeness (QED) is 0.565. The van der Waals surface area contributed by atoms with Crippen LogP contribution in [0.25, 0.3) is 10.2 Å². The van der Waals surface area contributed by atoms with E-state index in [0.717, 1.165) is 27.3 Å². The van der Waals surface area contributed by atoms with E-state index in [2.05, 4.69) is 34.4 Å². The van der Waals surface area contributed by atoms with Crippen LogP contribution in [0.5, 0.6) is 11.5 Å². The molecule has 1 aromatic carbocycles. The Bertz CT molecular complexity index is 970. The van der Waals surface area contributed by atoms with Gasteiger partial charge in [0, 0.05) is 4.88 Å². The molecule has 0 saturated heterocycles. The van der Waals surface area contributed by atoms with Crippen LogP contribution in [-0.2, 0) is 4.79 Å². The molecule has 0 atom stereocenters. The molecule has 3 rings (SSSR count). The summed E-state index contributed by atoms with van der Waals surface area (Å²) in [5, 5.41) is 6.97. The Labute approximate surface area is 168 Å². The lowest BCUT2D eigenvalue weighted by atomic mass is 10.2. The van der Waals surface area contributed by atoms with Crippen molar-refractivity contribution in [3.63, 3.8) is 0 Å². The highest BCUT2D eigenvalue weighted by atomic mass is 32.1. The molecule has 1 amide bonds. The number of ether oxygens (including phenoxy) is 2. The molecule has 28 heavy (non-hydrogen) atoms. The molecule has 2 aromatic heterocycles. The first-order valence-electron chi connectivity index (χ1n) is 8.99. The van der Waals surface area contributed by atoms with Crippen molar-refractivity contribution in [2.24, 2.45) is 0 Å². The van der Waals surface area contributed by atoms with E-state index in [1.165, 1.54) is 4.88 Å². The summed E-state index contributed by atoms with van der Waals surface area (Å²) in [6, 6.07) is 7.32. The number of aromatic nitrogens is 2. The first kappa shape index (κ1) is 19.9. The summed E-state index contributed by atoms with van der Waals surface area (Å²) in [4.78, 5) is 23.2. The maximum atomic E-state index is 12.1. The highest BCUT2D eigenvalue weighted by Crippen LogP contribution is 2.33. The van der Waals surface area contributed by atoms with Gasteiger partial charge in [0.1, 0.15) is 34.6 Å². The van der Waals surface area contributed by atoms with Gasteiger partial charge in [0.25, 0.3) is 0 Å². The minimum atomic E-state index is -0.118. The number of aryl methyl sites for hydroxylation is 3. The average Bonchev–Trinajstić information content (AvgIpc) is 2.97. The topological polar surface area (TPSA) is 85.4 Å². The second-order valence-electron chi connectivity index (χ2n) is 6.31. The molecule has 2 heterocycles. The Balaban J connectivity index is 1.48. The third kappa shape index (κ3) is 4.69. The number of carbonyl (C=O) groups excluding carboxylic acids is 1. The standard InChI is InChI=1S/C20H24N4O3S/c1-12-13(2)28-20-18(12)19(23-14(3)24-20)22-11-17(25)21-9-10-27-16-7-5-15(26-4)6-8-16/h5-8H,9-11H2,1-4H3,(H,21,25)(H,22,23,24). The number of anilines is 1. The number of methoxy groups -OCH3 is 1. The molecular weight excluding hydrogens is 376 g/mol. The van der Waals surface area contributed by atoms with Crippen LogP contribution in [0.2, 0.25) is 0 Å². The number of nitrogens with zero attached hydrogens (tertiary/aromatic N) is 2. The molecule has 0 aliphatic rings. The fourth-order valence-electron chi connectivity index (χ4n) is 2.74. The van der Waals surface area contributed by atoms with E-state index >= 15 is 0 Å². The summed E-state index contributed by atoms with van der Waals surface area (Å²) in [5.41, 5.74) is 1.15. The molecule has 148 valence electrons. The molecule has 3 aromatic rings. The minimum absolute atomic E-state index is 0.118. The third-order valence-corrected chi connectivity index (χ3v) is 5.41. The van der Waals surface area contributed by atoms with Crippen molar-refractivity contribution in [3.05, 3.63) is 40.5 Å². The van der Waals surface area contributed by atoms with E-state index in [0.29, 0.717) is 24.8 Å². The van der Waals surface area contributed by atoms with Gasteiger partial charge in [0.15, 0.2) is 0 Å². The van der Waals surface area contributed by atoms with Crippen molar-refractivity contribution in [2.75, 3.05) is 32.1 Å². The monoisotopic (exact) mass is 400 g/mol. The Morgan fingerprint density at radius 3 is 2.54 bits per heavy atom. The highest BCUT2D eigenvalue weighted by Gasteiger charge is 2.14. The number of amides is 1. The van der Waals surface area contributed by atoms with Gasteiger partial charge in [-0.2, -0.15) is 0 Å². The van der Waals surface area contributed by atoms with Gasteiger partial charge in [-0.25, -0.2) is 9.97 Å². The zero-order valence-corrected chi connectivity index (χ0v) is 17.3. The van der Waals surface area contributed by atoms with Gasteiger partial charge in [-0.15, -0.1) is 11.3 Å². The first-order valence-corrected chi connectivity index (χ1v) is 9.81. The largest absolute Gasteiger partial charge is 0.497 e. The van der Waals surface area contributed by atoms with Gasteiger partial charge in [-0.1, -0.05) is 0 Å². The van der Waals surface area contributed by atoms with E-state index in [4.69, 9.17) is 9.47 Å².